The number of rotatable bonds is 3. The van der Waals surface area contributed by atoms with Gasteiger partial charge in [0.05, 0.1) is 12.2 Å². The molecule has 1 heterocycles. The summed E-state index contributed by atoms with van der Waals surface area (Å²) in [5, 5.41) is 0. The summed E-state index contributed by atoms with van der Waals surface area (Å²) in [5.41, 5.74) is 8.64. The first-order valence-corrected chi connectivity index (χ1v) is 6.77. The Morgan fingerprint density at radius 3 is 2.78 bits per heavy atom. The second kappa shape index (κ2) is 5.29. The van der Waals surface area contributed by atoms with Gasteiger partial charge in [-0.25, -0.2) is 0 Å². The van der Waals surface area contributed by atoms with Crippen LogP contribution in [0.4, 0.5) is 5.69 Å². The molecule has 2 rings (SSSR count). The van der Waals surface area contributed by atoms with Gasteiger partial charge in [0.2, 0.25) is 0 Å². The zero-order valence-electron chi connectivity index (χ0n) is 11.6. The molecule has 1 saturated heterocycles. The molecule has 1 atom stereocenters. The average Bonchev–Trinajstić information content (AvgIpc) is 2.36. The molecular weight excluding hydrogens is 224 g/mol. The fourth-order valence-electron chi connectivity index (χ4n) is 2.53. The standard InChI is InChI=1S/C15H24N2O/c1-4-13(16)12-7-5-6-8-14(12)17-9-10-18-15(2,3)11-17/h5-8,13H,4,9-11,16H2,1-3H3/t13-/m1/s1. The molecule has 1 aromatic rings. The lowest BCUT2D eigenvalue weighted by atomic mass is 10.0. The molecule has 0 unspecified atom stereocenters. The third-order valence-electron chi connectivity index (χ3n) is 3.54. The number of benzene rings is 1. The first-order chi connectivity index (χ1) is 8.53. The van der Waals surface area contributed by atoms with Crippen LogP contribution in [-0.2, 0) is 4.74 Å². The van der Waals surface area contributed by atoms with Crippen molar-refractivity contribution in [3.05, 3.63) is 29.8 Å². The van der Waals surface area contributed by atoms with Gasteiger partial charge in [-0.15, -0.1) is 0 Å². The van der Waals surface area contributed by atoms with E-state index in [1.54, 1.807) is 0 Å². The molecule has 1 fully saturated rings. The molecule has 0 radical (unpaired) electrons. The predicted octanol–water partition coefficient (Wildman–Crippen LogP) is 2.71. The second-order valence-corrected chi connectivity index (χ2v) is 5.60. The summed E-state index contributed by atoms with van der Waals surface area (Å²) in [6, 6.07) is 8.59. The summed E-state index contributed by atoms with van der Waals surface area (Å²) in [4.78, 5) is 2.40. The van der Waals surface area contributed by atoms with Crippen molar-refractivity contribution < 1.29 is 4.74 Å². The average molecular weight is 248 g/mol. The summed E-state index contributed by atoms with van der Waals surface area (Å²) >= 11 is 0. The highest BCUT2D eigenvalue weighted by molar-refractivity contribution is 5.55. The van der Waals surface area contributed by atoms with Crippen molar-refractivity contribution in [2.75, 3.05) is 24.6 Å². The molecule has 0 amide bonds. The van der Waals surface area contributed by atoms with E-state index in [0.717, 1.165) is 26.1 Å². The molecule has 3 nitrogen and oxygen atoms in total. The number of morpholine rings is 1. The van der Waals surface area contributed by atoms with Crippen LogP contribution in [-0.4, -0.2) is 25.3 Å². The lowest BCUT2D eigenvalue weighted by Crippen LogP contribution is -2.48. The Morgan fingerprint density at radius 2 is 2.11 bits per heavy atom. The summed E-state index contributed by atoms with van der Waals surface area (Å²) in [5.74, 6) is 0. The van der Waals surface area contributed by atoms with E-state index in [9.17, 15) is 0 Å². The molecule has 2 N–H and O–H groups in total. The molecule has 1 aliphatic rings. The van der Waals surface area contributed by atoms with Crippen LogP contribution in [0.25, 0.3) is 0 Å². The van der Waals surface area contributed by atoms with Crippen LogP contribution in [0.3, 0.4) is 0 Å². The minimum absolute atomic E-state index is 0.0817. The molecule has 100 valence electrons. The van der Waals surface area contributed by atoms with Crippen molar-refractivity contribution in [3.8, 4) is 0 Å². The van der Waals surface area contributed by atoms with Crippen molar-refractivity contribution in [2.45, 2.75) is 38.8 Å². The van der Waals surface area contributed by atoms with Gasteiger partial charge in [-0.3, -0.25) is 0 Å². The van der Waals surface area contributed by atoms with Gasteiger partial charge >= 0.3 is 0 Å². The lowest BCUT2D eigenvalue weighted by Gasteiger charge is -2.40. The van der Waals surface area contributed by atoms with Gasteiger partial charge in [-0.1, -0.05) is 25.1 Å². The van der Waals surface area contributed by atoms with Crippen molar-refractivity contribution in [3.63, 3.8) is 0 Å². The second-order valence-electron chi connectivity index (χ2n) is 5.60. The summed E-state index contributed by atoms with van der Waals surface area (Å²) in [6.07, 6.45) is 0.963. The maximum absolute atomic E-state index is 6.21. The first kappa shape index (κ1) is 13.4. The van der Waals surface area contributed by atoms with E-state index < -0.39 is 0 Å². The smallest absolute Gasteiger partial charge is 0.0801 e. The molecular formula is C15H24N2O. The lowest BCUT2D eigenvalue weighted by molar-refractivity contribution is -0.0277. The number of nitrogens with zero attached hydrogens (tertiary/aromatic N) is 1. The minimum Gasteiger partial charge on any atom is -0.372 e. The van der Waals surface area contributed by atoms with Crippen LogP contribution in [0, 0.1) is 0 Å². The Kier molecular flexibility index (Phi) is 3.93. The molecule has 0 bridgehead atoms. The number of anilines is 1. The summed E-state index contributed by atoms with van der Waals surface area (Å²) in [6.45, 7) is 9.05. The SMILES string of the molecule is CC[C@@H](N)c1ccccc1N1CCOC(C)(C)C1. The molecule has 3 heteroatoms. The fourth-order valence-corrected chi connectivity index (χ4v) is 2.53. The van der Waals surface area contributed by atoms with Crippen molar-refractivity contribution >= 4 is 5.69 Å². The number of hydrogen-bond acceptors (Lipinski definition) is 3. The van der Waals surface area contributed by atoms with Gasteiger partial charge in [0.25, 0.3) is 0 Å². The van der Waals surface area contributed by atoms with Gasteiger partial charge < -0.3 is 15.4 Å². The van der Waals surface area contributed by atoms with Crippen LogP contribution < -0.4 is 10.6 Å². The predicted molar refractivity (Wildman–Crippen MR) is 75.9 cm³/mol. The van der Waals surface area contributed by atoms with Gasteiger partial charge in [0, 0.05) is 24.8 Å². The Balaban J connectivity index is 2.27. The molecule has 1 aliphatic heterocycles. The molecule has 0 aliphatic carbocycles. The van der Waals surface area contributed by atoms with Gasteiger partial charge in [-0.05, 0) is 31.9 Å². The molecule has 18 heavy (non-hydrogen) atoms. The third-order valence-corrected chi connectivity index (χ3v) is 3.54. The van der Waals surface area contributed by atoms with E-state index in [1.165, 1.54) is 11.3 Å². The number of para-hydroxylation sites is 1. The van der Waals surface area contributed by atoms with Crippen LogP contribution in [0.5, 0.6) is 0 Å². The maximum atomic E-state index is 6.21. The number of nitrogens with two attached hydrogens (primary N) is 1. The topological polar surface area (TPSA) is 38.5 Å². The zero-order chi connectivity index (χ0) is 13.2. The molecule has 1 aromatic carbocycles. The van der Waals surface area contributed by atoms with Crippen LogP contribution in [0.15, 0.2) is 24.3 Å². The van der Waals surface area contributed by atoms with E-state index in [2.05, 4.69) is 49.9 Å². The Hall–Kier alpha value is -1.06. The van der Waals surface area contributed by atoms with E-state index in [1.807, 2.05) is 0 Å². The highest BCUT2D eigenvalue weighted by Gasteiger charge is 2.28. The van der Waals surface area contributed by atoms with Gasteiger partial charge in [-0.2, -0.15) is 0 Å². The quantitative estimate of drug-likeness (QED) is 0.894. The molecule has 0 saturated carbocycles. The first-order valence-electron chi connectivity index (χ1n) is 6.77. The van der Waals surface area contributed by atoms with Gasteiger partial charge in [0.1, 0.15) is 0 Å². The third kappa shape index (κ3) is 2.85. The maximum Gasteiger partial charge on any atom is 0.0801 e. The Morgan fingerprint density at radius 1 is 1.39 bits per heavy atom. The van der Waals surface area contributed by atoms with E-state index in [-0.39, 0.29) is 11.6 Å². The van der Waals surface area contributed by atoms with Crippen LogP contribution >= 0.6 is 0 Å². The largest absolute Gasteiger partial charge is 0.372 e. The van der Waals surface area contributed by atoms with Gasteiger partial charge in [0.15, 0.2) is 0 Å². The van der Waals surface area contributed by atoms with Crippen molar-refractivity contribution in [2.24, 2.45) is 5.73 Å². The van der Waals surface area contributed by atoms with Crippen molar-refractivity contribution in [1.82, 2.24) is 0 Å². The molecule has 0 aromatic heterocycles. The Bertz CT molecular complexity index is 403. The Labute approximate surface area is 110 Å². The normalized spacial score (nSPS) is 20.8. The highest BCUT2D eigenvalue weighted by Crippen LogP contribution is 2.30. The monoisotopic (exact) mass is 248 g/mol. The van der Waals surface area contributed by atoms with Crippen LogP contribution in [0.1, 0.15) is 38.8 Å². The summed E-state index contributed by atoms with van der Waals surface area (Å²) < 4.78 is 5.77. The minimum atomic E-state index is -0.0817. The van der Waals surface area contributed by atoms with E-state index >= 15 is 0 Å². The van der Waals surface area contributed by atoms with Crippen LogP contribution in [0.2, 0.25) is 0 Å². The van der Waals surface area contributed by atoms with E-state index in [4.69, 9.17) is 10.5 Å². The zero-order valence-corrected chi connectivity index (χ0v) is 11.6. The fraction of sp³-hybridized carbons (Fsp3) is 0.600. The van der Waals surface area contributed by atoms with E-state index in [0.29, 0.717) is 0 Å². The summed E-state index contributed by atoms with van der Waals surface area (Å²) in [7, 11) is 0. The van der Waals surface area contributed by atoms with Crippen molar-refractivity contribution in [1.29, 1.82) is 0 Å². The highest BCUT2D eigenvalue weighted by atomic mass is 16.5. The molecule has 0 spiro atoms. The number of ether oxygens (including phenoxy) is 1. The number of hydrogen-bond donors (Lipinski definition) is 1.